The Morgan fingerprint density at radius 2 is 2.26 bits per heavy atom. The highest BCUT2D eigenvalue weighted by atomic mass is 32.1. The van der Waals surface area contributed by atoms with Crippen LogP contribution < -0.4 is 5.32 Å². The van der Waals surface area contributed by atoms with Crippen LogP contribution in [0.5, 0.6) is 0 Å². The Hall–Kier alpha value is -1.89. The van der Waals surface area contributed by atoms with Crippen LogP contribution in [0.4, 0.5) is 4.79 Å². The molecule has 2 atom stereocenters. The molecule has 0 spiro atoms. The highest BCUT2D eigenvalue weighted by Crippen LogP contribution is 2.41. The fourth-order valence-corrected chi connectivity index (χ4v) is 4.09. The van der Waals surface area contributed by atoms with Gasteiger partial charge < -0.3 is 15.2 Å². The minimum Gasteiger partial charge on any atom is -0.348 e. The quantitative estimate of drug-likeness (QED) is 0.904. The second-order valence-electron chi connectivity index (χ2n) is 6.39. The monoisotopic (exact) mass is 331 g/mol. The number of aromatic amines is 1. The highest BCUT2D eigenvalue weighted by Gasteiger charge is 2.36. The summed E-state index contributed by atoms with van der Waals surface area (Å²) in [7, 11) is 0. The van der Waals surface area contributed by atoms with Gasteiger partial charge in [-0.05, 0) is 31.6 Å². The van der Waals surface area contributed by atoms with Gasteiger partial charge in [0, 0.05) is 43.0 Å². The maximum absolute atomic E-state index is 12.7. The van der Waals surface area contributed by atoms with Gasteiger partial charge in [0.25, 0.3) is 0 Å². The van der Waals surface area contributed by atoms with Crippen LogP contribution in [0.2, 0.25) is 0 Å². The van der Waals surface area contributed by atoms with E-state index in [2.05, 4.69) is 20.3 Å². The molecule has 0 radical (unpaired) electrons. The number of H-pyrrole nitrogens is 1. The van der Waals surface area contributed by atoms with Gasteiger partial charge in [0.15, 0.2) is 0 Å². The summed E-state index contributed by atoms with van der Waals surface area (Å²) >= 11 is 1.63. The zero-order valence-corrected chi connectivity index (χ0v) is 13.8. The molecule has 2 fully saturated rings. The van der Waals surface area contributed by atoms with Gasteiger partial charge in [-0.25, -0.2) is 14.8 Å². The van der Waals surface area contributed by atoms with Gasteiger partial charge in [0.05, 0.1) is 6.04 Å². The van der Waals surface area contributed by atoms with Crippen molar-refractivity contribution >= 4 is 17.4 Å². The van der Waals surface area contributed by atoms with E-state index in [1.54, 1.807) is 17.5 Å². The summed E-state index contributed by atoms with van der Waals surface area (Å²) in [5.74, 6) is 1.85. The molecule has 7 heteroatoms. The Labute approximate surface area is 139 Å². The molecule has 2 aromatic heterocycles. The number of hydrogen-bond acceptors (Lipinski definition) is 4. The number of imidazole rings is 1. The third-order valence-corrected chi connectivity index (χ3v) is 5.56. The normalized spacial score (nSPS) is 22.8. The van der Waals surface area contributed by atoms with Crippen molar-refractivity contribution < 1.29 is 4.79 Å². The molecule has 122 valence electrons. The van der Waals surface area contributed by atoms with Crippen LogP contribution >= 0.6 is 11.3 Å². The number of likely N-dealkylation sites (tertiary alicyclic amines) is 1. The molecule has 0 aromatic carbocycles. The number of nitrogens with one attached hydrogen (secondary N) is 2. The largest absolute Gasteiger partial charge is 0.348 e. The summed E-state index contributed by atoms with van der Waals surface area (Å²) < 4.78 is 0. The van der Waals surface area contributed by atoms with E-state index in [0.29, 0.717) is 11.8 Å². The number of carbonyl (C=O) groups excluding carboxylic acids is 1. The molecule has 6 nitrogen and oxygen atoms in total. The van der Waals surface area contributed by atoms with Crippen LogP contribution in [0, 0.1) is 5.92 Å². The van der Waals surface area contributed by atoms with Crippen molar-refractivity contribution in [1.82, 2.24) is 25.2 Å². The topological polar surface area (TPSA) is 73.9 Å². The lowest BCUT2D eigenvalue weighted by molar-refractivity contribution is 0.173. The highest BCUT2D eigenvalue weighted by molar-refractivity contribution is 7.09. The zero-order valence-electron chi connectivity index (χ0n) is 12.9. The van der Waals surface area contributed by atoms with Gasteiger partial charge in [0.1, 0.15) is 10.8 Å². The maximum atomic E-state index is 12.7. The summed E-state index contributed by atoms with van der Waals surface area (Å²) in [5.41, 5.74) is 0. The fraction of sp³-hybridized carbons (Fsp3) is 0.562. The smallest absolute Gasteiger partial charge is 0.317 e. The number of rotatable bonds is 4. The molecular formula is C16H21N5OS. The van der Waals surface area contributed by atoms with E-state index in [1.165, 1.54) is 12.8 Å². The Kier molecular flexibility index (Phi) is 4.03. The third kappa shape index (κ3) is 3.24. The Balaban J connectivity index is 1.42. The van der Waals surface area contributed by atoms with Crippen molar-refractivity contribution in [1.29, 1.82) is 0 Å². The molecule has 3 heterocycles. The fourth-order valence-electron chi connectivity index (χ4n) is 3.31. The van der Waals surface area contributed by atoms with Gasteiger partial charge >= 0.3 is 6.03 Å². The molecular weight excluding hydrogens is 310 g/mol. The molecule has 1 aliphatic carbocycles. The lowest BCUT2D eigenvalue weighted by Gasteiger charge is -2.33. The molecule has 0 bridgehead atoms. The van der Waals surface area contributed by atoms with E-state index >= 15 is 0 Å². The molecule has 2 N–H and O–H groups in total. The van der Waals surface area contributed by atoms with E-state index in [9.17, 15) is 4.79 Å². The summed E-state index contributed by atoms with van der Waals surface area (Å²) in [6.45, 7) is 1.55. The van der Waals surface area contributed by atoms with Gasteiger partial charge in [-0.1, -0.05) is 0 Å². The number of nitrogens with zero attached hydrogens (tertiary/aromatic N) is 3. The number of amides is 2. The molecule has 2 aliphatic rings. The SMILES string of the molecule is O=C(NC(c1nccs1)C1CC1)N1CCCC(c2ncc[nH]2)C1. The molecule has 1 aliphatic heterocycles. The first kappa shape index (κ1) is 14.7. The van der Waals surface area contributed by atoms with Crippen molar-refractivity contribution in [3.63, 3.8) is 0 Å². The first-order chi connectivity index (χ1) is 11.3. The average molecular weight is 331 g/mol. The molecule has 1 saturated heterocycles. The van der Waals surface area contributed by atoms with Crippen molar-refractivity contribution in [3.05, 3.63) is 34.8 Å². The predicted octanol–water partition coefficient (Wildman–Crippen LogP) is 2.91. The Morgan fingerprint density at radius 3 is 2.96 bits per heavy atom. The molecule has 4 rings (SSSR count). The minimum atomic E-state index is 0.0355. The maximum Gasteiger partial charge on any atom is 0.317 e. The number of piperidine rings is 1. The van der Waals surface area contributed by atoms with E-state index in [4.69, 9.17) is 0 Å². The molecule has 2 unspecified atom stereocenters. The Bertz CT molecular complexity index is 637. The van der Waals surface area contributed by atoms with E-state index < -0.39 is 0 Å². The van der Waals surface area contributed by atoms with Crippen LogP contribution in [0.15, 0.2) is 24.0 Å². The van der Waals surface area contributed by atoms with Crippen LogP contribution in [0.3, 0.4) is 0 Å². The number of carbonyl (C=O) groups is 1. The second-order valence-corrected chi connectivity index (χ2v) is 7.32. The molecule has 2 amide bonds. The van der Waals surface area contributed by atoms with Gasteiger partial charge in [-0.3, -0.25) is 0 Å². The molecule has 23 heavy (non-hydrogen) atoms. The van der Waals surface area contributed by atoms with Crippen molar-refractivity contribution in [2.45, 2.75) is 37.6 Å². The second kappa shape index (κ2) is 6.31. The lowest BCUT2D eigenvalue weighted by atomic mass is 9.97. The predicted molar refractivity (Wildman–Crippen MR) is 88.2 cm³/mol. The van der Waals surface area contributed by atoms with Crippen LogP contribution in [-0.2, 0) is 0 Å². The van der Waals surface area contributed by atoms with Gasteiger partial charge in [-0.15, -0.1) is 11.3 Å². The summed E-state index contributed by atoms with van der Waals surface area (Å²) in [4.78, 5) is 26.6. The van der Waals surface area contributed by atoms with Gasteiger partial charge in [0.2, 0.25) is 0 Å². The standard InChI is InChI=1S/C16H21N5OS/c22-16(20-13(11-3-4-11)15-19-7-9-23-15)21-8-1-2-12(10-21)14-17-5-6-18-14/h5-7,9,11-13H,1-4,8,10H2,(H,17,18)(H,20,22). The first-order valence-corrected chi connectivity index (χ1v) is 9.13. The average Bonchev–Trinajstić information content (AvgIpc) is 3.06. The number of hydrogen-bond donors (Lipinski definition) is 2. The number of aromatic nitrogens is 3. The molecule has 1 saturated carbocycles. The molecule has 2 aromatic rings. The van der Waals surface area contributed by atoms with Crippen LogP contribution in [0.1, 0.15) is 48.5 Å². The summed E-state index contributed by atoms with van der Waals surface area (Å²) in [6, 6.07) is 0.111. The van der Waals surface area contributed by atoms with E-state index in [0.717, 1.165) is 36.8 Å². The Morgan fingerprint density at radius 1 is 1.35 bits per heavy atom. The van der Waals surface area contributed by atoms with Crippen molar-refractivity contribution in [2.75, 3.05) is 13.1 Å². The lowest BCUT2D eigenvalue weighted by Crippen LogP contribution is -2.46. The minimum absolute atomic E-state index is 0.0355. The summed E-state index contributed by atoms with van der Waals surface area (Å²) in [6.07, 6.45) is 9.90. The van der Waals surface area contributed by atoms with Crippen LogP contribution in [0.25, 0.3) is 0 Å². The number of urea groups is 1. The first-order valence-electron chi connectivity index (χ1n) is 8.25. The summed E-state index contributed by atoms with van der Waals surface area (Å²) in [5, 5.41) is 6.23. The van der Waals surface area contributed by atoms with E-state index in [1.807, 2.05) is 22.7 Å². The number of thiazole rings is 1. The van der Waals surface area contributed by atoms with E-state index in [-0.39, 0.29) is 12.1 Å². The van der Waals surface area contributed by atoms with Crippen molar-refractivity contribution in [2.24, 2.45) is 5.92 Å². The van der Waals surface area contributed by atoms with Crippen LogP contribution in [-0.4, -0.2) is 39.0 Å². The third-order valence-electron chi connectivity index (χ3n) is 4.70. The van der Waals surface area contributed by atoms with Gasteiger partial charge in [-0.2, -0.15) is 0 Å². The zero-order chi connectivity index (χ0) is 15.6. The van der Waals surface area contributed by atoms with Crippen molar-refractivity contribution in [3.8, 4) is 0 Å².